The molecule has 1 aliphatic heterocycles. The molecule has 52 valence electrons. The molecule has 0 aromatic rings. The summed E-state index contributed by atoms with van der Waals surface area (Å²) in [5, 5.41) is 10.9. The van der Waals surface area contributed by atoms with E-state index in [1.807, 2.05) is 0 Å². The average Bonchev–Trinajstić information content (AvgIpc) is 2.16. The highest BCUT2D eigenvalue weighted by Gasteiger charge is 2.41. The molecular formula is C5H8FNO2. The van der Waals surface area contributed by atoms with Crippen LogP contribution in [0.3, 0.4) is 0 Å². The largest absolute Gasteiger partial charge is 0.479 e. The Morgan fingerprint density at radius 2 is 2.44 bits per heavy atom. The number of carbonyl (C=O) groups is 1. The van der Waals surface area contributed by atoms with E-state index >= 15 is 0 Å². The lowest BCUT2D eigenvalue weighted by Gasteiger charge is -2.09. The zero-order valence-electron chi connectivity index (χ0n) is 4.85. The highest BCUT2D eigenvalue weighted by Crippen LogP contribution is 2.19. The number of alkyl halides is 1. The van der Waals surface area contributed by atoms with Crippen LogP contribution in [0.15, 0.2) is 0 Å². The molecule has 1 heterocycles. The lowest BCUT2D eigenvalue weighted by molar-refractivity contribution is -0.149. The molecule has 0 amide bonds. The van der Waals surface area contributed by atoms with Gasteiger partial charge in [-0.05, 0) is 6.54 Å². The predicted molar refractivity (Wildman–Crippen MR) is 29.0 cm³/mol. The third kappa shape index (κ3) is 1.03. The Kier molecular flexibility index (Phi) is 1.40. The number of nitrogens with one attached hydrogen (secondary N) is 1. The molecule has 0 aliphatic carbocycles. The topological polar surface area (TPSA) is 49.3 Å². The van der Waals surface area contributed by atoms with Crippen LogP contribution < -0.4 is 5.32 Å². The molecule has 9 heavy (non-hydrogen) atoms. The van der Waals surface area contributed by atoms with Gasteiger partial charge in [-0.1, -0.05) is 0 Å². The van der Waals surface area contributed by atoms with Crippen LogP contribution in [0.25, 0.3) is 0 Å². The second-order valence-electron chi connectivity index (χ2n) is 2.20. The highest BCUT2D eigenvalue weighted by molar-refractivity contribution is 5.78. The zero-order valence-corrected chi connectivity index (χ0v) is 4.85. The number of halogens is 1. The first-order valence-corrected chi connectivity index (χ1v) is 2.78. The van der Waals surface area contributed by atoms with Gasteiger partial charge < -0.3 is 10.4 Å². The minimum Gasteiger partial charge on any atom is -0.479 e. The van der Waals surface area contributed by atoms with Gasteiger partial charge >= 0.3 is 5.97 Å². The summed E-state index contributed by atoms with van der Waals surface area (Å²) in [6.07, 6.45) is 0.0856. The summed E-state index contributed by atoms with van der Waals surface area (Å²) in [7, 11) is 0. The Morgan fingerprint density at radius 3 is 2.67 bits per heavy atom. The van der Waals surface area contributed by atoms with Crippen molar-refractivity contribution in [2.45, 2.75) is 12.1 Å². The highest BCUT2D eigenvalue weighted by atomic mass is 19.1. The van der Waals surface area contributed by atoms with E-state index in [0.717, 1.165) is 0 Å². The quantitative estimate of drug-likeness (QED) is 0.519. The lowest BCUT2D eigenvalue weighted by Crippen LogP contribution is -2.35. The normalized spacial score (nSPS) is 34.8. The summed E-state index contributed by atoms with van der Waals surface area (Å²) in [4.78, 5) is 10.1. The number of hydrogen-bond acceptors (Lipinski definition) is 2. The molecule has 3 nitrogen and oxygen atoms in total. The standard InChI is InChI=1S/C5H8FNO2/c6-5(4(8)9)1-2-7-3-5/h7H,1-3H2,(H,8,9). The van der Waals surface area contributed by atoms with Gasteiger partial charge in [0.05, 0.1) is 0 Å². The van der Waals surface area contributed by atoms with Crippen LogP contribution in [0.4, 0.5) is 4.39 Å². The Morgan fingerprint density at radius 1 is 1.78 bits per heavy atom. The second kappa shape index (κ2) is 1.95. The summed E-state index contributed by atoms with van der Waals surface area (Å²) in [6, 6.07) is 0. The van der Waals surface area contributed by atoms with Crippen molar-refractivity contribution in [1.82, 2.24) is 5.32 Å². The SMILES string of the molecule is O=C(O)C1(F)CCNC1. The van der Waals surface area contributed by atoms with Gasteiger partial charge in [0.25, 0.3) is 0 Å². The fourth-order valence-corrected chi connectivity index (χ4v) is 0.844. The van der Waals surface area contributed by atoms with Crippen LogP contribution in [0, 0.1) is 0 Å². The minimum atomic E-state index is -2.00. The maximum absolute atomic E-state index is 12.8. The van der Waals surface area contributed by atoms with Crippen LogP contribution >= 0.6 is 0 Å². The molecule has 2 N–H and O–H groups in total. The first-order valence-electron chi connectivity index (χ1n) is 2.78. The molecule has 0 radical (unpaired) electrons. The van der Waals surface area contributed by atoms with E-state index in [4.69, 9.17) is 5.11 Å². The second-order valence-corrected chi connectivity index (χ2v) is 2.20. The third-order valence-electron chi connectivity index (χ3n) is 1.49. The number of carboxylic acids is 1. The molecule has 4 heteroatoms. The van der Waals surface area contributed by atoms with E-state index < -0.39 is 11.6 Å². The molecule has 1 rings (SSSR count). The van der Waals surface area contributed by atoms with Crippen LogP contribution in [0.2, 0.25) is 0 Å². The summed E-state index contributed by atoms with van der Waals surface area (Å²) < 4.78 is 12.8. The van der Waals surface area contributed by atoms with E-state index in [1.54, 1.807) is 0 Å². The molecule has 1 aliphatic rings. The average molecular weight is 133 g/mol. The monoisotopic (exact) mass is 133 g/mol. The number of hydrogen-bond donors (Lipinski definition) is 2. The van der Waals surface area contributed by atoms with Crippen LogP contribution in [-0.2, 0) is 4.79 Å². The number of aliphatic carboxylic acids is 1. The molecule has 0 aromatic heterocycles. The molecule has 0 aromatic carbocycles. The van der Waals surface area contributed by atoms with Crippen molar-refractivity contribution in [1.29, 1.82) is 0 Å². The molecule has 1 atom stereocenters. The van der Waals surface area contributed by atoms with Crippen molar-refractivity contribution < 1.29 is 14.3 Å². The lowest BCUT2D eigenvalue weighted by atomic mass is 10.1. The first-order chi connectivity index (χ1) is 4.15. The smallest absolute Gasteiger partial charge is 0.342 e. The van der Waals surface area contributed by atoms with E-state index in [1.165, 1.54) is 0 Å². The van der Waals surface area contributed by atoms with Gasteiger partial charge in [-0.2, -0.15) is 0 Å². The van der Waals surface area contributed by atoms with Crippen LogP contribution in [0.1, 0.15) is 6.42 Å². The Bertz CT molecular complexity index is 131. The zero-order chi connectivity index (χ0) is 6.91. The molecule has 0 spiro atoms. The minimum absolute atomic E-state index is 0.0532. The van der Waals surface area contributed by atoms with Gasteiger partial charge in [-0.3, -0.25) is 0 Å². The van der Waals surface area contributed by atoms with Crippen molar-refractivity contribution >= 4 is 5.97 Å². The maximum Gasteiger partial charge on any atom is 0.342 e. The van der Waals surface area contributed by atoms with Crippen molar-refractivity contribution in [2.24, 2.45) is 0 Å². The fourth-order valence-electron chi connectivity index (χ4n) is 0.844. The van der Waals surface area contributed by atoms with Gasteiger partial charge in [0, 0.05) is 13.0 Å². The first kappa shape index (κ1) is 6.48. The third-order valence-corrected chi connectivity index (χ3v) is 1.49. The Hall–Kier alpha value is -0.640. The molecule has 1 unspecified atom stereocenters. The van der Waals surface area contributed by atoms with Crippen LogP contribution in [-0.4, -0.2) is 29.8 Å². The summed E-state index contributed by atoms with van der Waals surface area (Å²) in [5.41, 5.74) is -2.00. The Balaban J connectivity index is 2.61. The number of rotatable bonds is 1. The van der Waals surface area contributed by atoms with Crippen molar-refractivity contribution in [3.63, 3.8) is 0 Å². The molecule has 0 bridgehead atoms. The summed E-state index contributed by atoms with van der Waals surface area (Å²) >= 11 is 0. The van der Waals surface area contributed by atoms with Gasteiger partial charge in [0.1, 0.15) is 0 Å². The fraction of sp³-hybridized carbons (Fsp3) is 0.800. The Labute approximate surface area is 51.9 Å². The van der Waals surface area contributed by atoms with E-state index in [-0.39, 0.29) is 13.0 Å². The van der Waals surface area contributed by atoms with Crippen molar-refractivity contribution in [3.05, 3.63) is 0 Å². The van der Waals surface area contributed by atoms with E-state index in [2.05, 4.69) is 5.32 Å². The molecular weight excluding hydrogens is 125 g/mol. The van der Waals surface area contributed by atoms with Gasteiger partial charge in [-0.25, -0.2) is 9.18 Å². The maximum atomic E-state index is 12.8. The van der Waals surface area contributed by atoms with Gasteiger partial charge in [-0.15, -0.1) is 0 Å². The summed E-state index contributed by atoms with van der Waals surface area (Å²) in [5.74, 6) is -1.35. The van der Waals surface area contributed by atoms with E-state index in [9.17, 15) is 9.18 Å². The van der Waals surface area contributed by atoms with Gasteiger partial charge in [0.2, 0.25) is 5.67 Å². The molecule has 1 fully saturated rings. The molecule has 1 saturated heterocycles. The number of carboxylic acid groups (broad SMARTS) is 1. The van der Waals surface area contributed by atoms with Crippen molar-refractivity contribution in [2.75, 3.05) is 13.1 Å². The van der Waals surface area contributed by atoms with Crippen LogP contribution in [0.5, 0.6) is 0 Å². The summed E-state index contributed by atoms with van der Waals surface area (Å²) in [6.45, 7) is 0.408. The predicted octanol–water partition coefficient (Wildman–Crippen LogP) is -0.227. The van der Waals surface area contributed by atoms with E-state index in [0.29, 0.717) is 6.54 Å². The molecule has 0 saturated carbocycles. The van der Waals surface area contributed by atoms with Gasteiger partial charge in [0.15, 0.2) is 0 Å². The van der Waals surface area contributed by atoms with Crippen molar-refractivity contribution in [3.8, 4) is 0 Å².